The number of rotatable bonds is 7. The minimum Gasteiger partial charge on any atom is -0.497 e. The van der Waals surface area contributed by atoms with E-state index in [-0.39, 0.29) is 12.5 Å². The van der Waals surface area contributed by atoms with E-state index < -0.39 is 5.97 Å². The predicted octanol–water partition coefficient (Wildman–Crippen LogP) is 2.63. The first-order valence-corrected chi connectivity index (χ1v) is 7.88. The molecule has 0 spiro atoms. The lowest BCUT2D eigenvalue weighted by molar-refractivity contribution is -0.143. The fraction of sp³-hybridized carbons (Fsp3) is 0.176. The van der Waals surface area contributed by atoms with Crippen LogP contribution in [0.1, 0.15) is 11.1 Å². The van der Waals surface area contributed by atoms with Crippen molar-refractivity contribution < 1.29 is 19.1 Å². The molecule has 1 aromatic heterocycles. The van der Waals surface area contributed by atoms with Crippen LogP contribution in [-0.2, 0) is 20.9 Å². The molecule has 5 nitrogen and oxygen atoms in total. The number of hydrogen-bond acceptors (Lipinski definition) is 5. The van der Waals surface area contributed by atoms with Gasteiger partial charge in [-0.3, -0.25) is 4.79 Å². The van der Waals surface area contributed by atoms with Crippen LogP contribution in [0, 0.1) is 0 Å². The Morgan fingerprint density at radius 1 is 1.30 bits per heavy atom. The fourth-order valence-corrected chi connectivity index (χ4v) is 2.38. The quantitative estimate of drug-likeness (QED) is 0.626. The van der Waals surface area contributed by atoms with Crippen molar-refractivity contribution in [1.82, 2.24) is 5.32 Å². The first kappa shape index (κ1) is 16.8. The summed E-state index contributed by atoms with van der Waals surface area (Å²) in [5, 5.41) is 6.50. The van der Waals surface area contributed by atoms with Gasteiger partial charge in [-0.1, -0.05) is 12.1 Å². The van der Waals surface area contributed by atoms with Gasteiger partial charge in [0.05, 0.1) is 7.11 Å². The van der Waals surface area contributed by atoms with E-state index in [1.807, 2.05) is 41.1 Å². The molecular formula is C17H17NO4S. The van der Waals surface area contributed by atoms with E-state index in [9.17, 15) is 9.59 Å². The van der Waals surface area contributed by atoms with Crippen LogP contribution in [0.4, 0.5) is 0 Å². The molecule has 0 aliphatic heterocycles. The topological polar surface area (TPSA) is 64.6 Å². The van der Waals surface area contributed by atoms with Gasteiger partial charge in [-0.25, -0.2) is 4.79 Å². The molecule has 120 valence electrons. The Kier molecular flexibility index (Phi) is 6.38. The molecule has 1 N–H and O–H groups in total. The zero-order valence-electron chi connectivity index (χ0n) is 12.7. The molecule has 1 heterocycles. The Labute approximate surface area is 138 Å². The molecular weight excluding hydrogens is 314 g/mol. The number of nitrogens with one attached hydrogen (secondary N) is 1. The third-order valence-corrected chi connectivity index (χ3v) is 3.63. The molecule has 2 aromatic rings. The number of esters is 1. The van der Waals surface area contributed by atoms with Gasteiger partial charge in [0, 0.05) is 12.6 Å². The molecule has 1 amide bonds. The molecule has 6 heteroatoms. The van der Waals surface area contributed by atoms with Crippen LogP contribution in [0.25, 0.3) is 6.08 Å². The highest BCUT2D eigenvalue weighted by Gasteiger charge is 2.05. The van der Waals surface area contributed by atoms with E-state index >= 15 is 0 Å². The van der Waals surface area contributed by atoms with E-state index in [1.165, 1.54) is 6.08 Å². The molecule has 0 fully saturated rings. The largest absolute Gasteiger partial charge is 0.497 e. The maximum absolute atomic E-state index is 11.7. The molecule has 0 aliphatic rings. The summed E-state index contributed by atoms with van der Waals surface area (Å²) in [6, 6.07) is 9.26. The van der Waals surface area contributed by atoms with Gasteiger partial charge >= 0.3 is 5.97 Å². The molecule has 0 unspecified atom stereocenters. The highest BCUT2D eigenvalue weighted by molar-refractivity contribution is 7.08. The van der Waals surface area contributed by atoms with Crippen molar-refractivity contribution >= 4 is 29.3 Å². The third-order valence-electron chi connectivity index (χ3n) is 2.92. The molecule has 2 rings (SSSR count). The normalized spacial score (nSPS) is 10.5. The van der Waals surface area contributed by atoms with E-state index in [0.29, 0.717) is 6.54 Å². The van der Waals surface area contributed by atoms with Gasteiger partial charge in [0.25, 0.3) is 5.91 Å². The van der Waals surface area contributed by atoms with Gasteiger partial charge in [-0.2, -0.15) is 11.3 Å². The summed E-state index contributed by atoms with van der Waals surface area (Å²) in [6.07, 6.45) is 2.95. The number of amides is 1. The second kappa shape index (κ2) is 8.75. The fourth-order valence-electron chi connectivity index (χ4n) is 1.75. The van der Waals surface area contributed by atoms with Crippen LogP contribution >= 0.6 is 11.3 Å². The Balaban J connectivity index is 1.71. The molecule has 0 aliphatic carbocycles. The van der Waals surface area contributed by atoms with E-state index in [2.05, 4.69) is 5.32 Å². The lowest BCUT2D eigenvalue weighted by Gasteiger charge is -2.07. The predicted molar refractivity (Wildman–Crippen MR) is 89.2 cm³/mol. The van der Waals surface area contributed by atoms with Crippen molar-refractivity contribution in [2.75, 3.05) is 13.7 Å². The molecule has 0 bridgehead atoms. The second-order valence-electron chi connectivity index (χ2n) is 4.63. The van der Waals surface area contributed by atoms with E-state index in [4.69, 9.17) is 9.47 Å². The van der Waals surface area contributed by atoms with Crippen molar-refractivity contribution in [3.05, 3.63) is 58.3 Å². The summed E-state index contributed by atoms with van der Waals surface area (Å²) < 4.78 is 9.99. The summed E-state index contributed by atoms with van der Waals surface area (Å²) in [5.41, 5.74) is 1.83. The zero-order chi connectivity index (χ0) is 16.5. The van der Waals surface area contributed by atoms with Crippen LogP contribution < -0.4 is 10.1 Å². The smallest absolute Gasteiger partial charge is 0.331 e. The van der Waals surface area contributed by atoms with E-state index in [1.54, 1.807) is 24.5 Å². The molecule has 23 heavy (non-hydrogen) atoms. The van der Waals surface area contributed by atoms with Crippen LogP contribution in [-0.4, -0.2) is 25.6 Å². The summed E-state index contributed by atoms with van der Waals surface area (Å²) in [7, 11) is 1.58. The summed E-state index contributed by atoms with van der Waals surface area (Å²) in [4.78, 5) is 23.2. The monoisotopic (exact) mass is 331 g/mol. The average Bonchev–Trinajstić information content (AvgIpc) is 3.10. The number of benzene rings is 1. The molecule has 0 saturated heterocycles. The van der Waals surface area contributed by atoms with Crippen LogP contribution in [0.5, 0.6) is 5.75 Å². The first-order chi connectivity index (χ1) is 11.2. The number of carbonyl (C=O) groups is 2. The van der Waals surface area contributed by atoms with Gasteiger partial charge in [0.1, 0.15) is 5.75 Å². The molecule has 0 saturated carbocycles. The summed E-state index contributed by atoms with van der Waals surface area (Å²) in [6.45, 7) is 0.0368. The maximum atomic E-state index is 11.7. The van der Waals surface area contributed by atoms with Crippen LogP contribution in [0.3, 0.4) is 0 Å². The average molecular weight is 331 g/mol. The van der Waals surface area contributed by atoms with Gasteiger partial charge < -0.3 is 14.8 Å². The number of carbonyl (C=O) groups excluding carboxylic acids is 2. The highest BCUT2D eigenvalue weighted by Crippen LogP contribution is 2.12. The second-order valence-corrected chi connectivity index (χ2v) is 5.41. The molecule has 0 radical (unpaired) electrons. The van der Waals surface area contributed by atoms with Crippen LogP contribution in [0.15, 0.2) is 47.2 Å². The number of hydrogen-bond donors (Lipinski definition) is 1. The first-order valence-electron chi connectivity index (χ1n) is 6.94. The van der Waals surface area contributed by atoms with E-state index in [0.717, 1.165) is 16.9 Å². The van der Waals surface area contributed by atoms with Crippen molar-refractivity contribution in [2.24, 2.45) is 0 Å². The molecule has 0 atom stereocenters. The van der Waals surface area contributed by atoms with Crippen molar-refractivity contribution in [1.29, 1.82) is 0 Å². The van der Waals surface area contributed by atoms with Crippen molar-refractivity contribution in [2.45, 2.75) is 6.54 Å². The number of ether oxygens (including phenoxy) is 2. The van der Waals surface area contributed by atoms with Gasteiger partial charge in [0.2, 0.25) is 0 Å². The minimum absolute atomic E-state index is 0.309. The summed E-state index contributed by atoms with van der Waals surface area (Å²) in [5.74, 6) is -0.181. The lowest BCUT2D eigenvalue weighted by atomic mass is 10.2. The number of methoxy groups -OCH3 is 1. The van der Waals surface area contributed by atoms with Crippen molar-refractivity contribution in [3.63, 3.8) is 0 Å². The Morgan fingerprint density at radius 3 is 2.91 bits per heavy atom. The standard InChI is InChI=1S/C17H17NO4S/c1-21-15-4-2-3-14(9-15)10-18-16(19)11-22-17(20)6-5-13-7-8-23-12-13/h2-9,12H,10-11H2,1H3,(H,18,19)/b6-5+. The van der Waals surface area contributed by atoms with Gasteiger partial charge in [0.15, 0.2) is 6.61 Å². The Bertz CT molecular complexity index is 680. The van der Waals surface area contributed by atoms with Gasteiger partial charge in [-0.05, 0) is 46.2 Å². The Hall–Kier alpha value is -2.60. The highest BCUT2D eigenvalue weighted by atomic mass is 32.1. The zero-order valence-corrected chi connectivity index (χ0v) is 13.5. The van der Waals surface area contributed by atoms with Crippen LogP contribution in [0.2, 0.25) is 0 Å². The summed E-state index contributed by atoms with van der Waals surface area (Å²) >= 11 is 1.54. The molecule has 1 aromatic carbocycles. The minimum atomic E-state index is -0.548. The number of thiophene rings is 1. The third kappa shape index (κ3) is 5.96. The lowest BCUT2D eigenvalue weighted by Crippen LogP contribution is -2.28. The Morgan fingerprint density at radius 2 is 2.17 bits per heavy atom. The van der Waals surface area contributed by atoms with Crippen molar-refractivity contribution in [3.8, 4) is 5.75 Å². The maximum Gasteiger partial charge on any atom is 0.331 e. The van der Waals surface area contributed by atoms with Gasteiger partial charge in [-0.15, -0.1) is 0 Å². The SMILES string of the molecule is COc1cccc(CNC(=O)COC(=O)/C=C/c2ccsc2)c1.